The topological polar surface area (TPSA) is 55.8 Å². The smallest absolute Gasteiger partial charge is 0.293 e. The van der Waals surface area contributed by atoms with E-state index in [4.69, 9.17) is 9.47 Å². The van der Waals surface area contributed by atoms with E-state index in [1.165, 1.54) is 4.90 Å². The van der Waals surface area contributed by atoms with E-state index in [1.54, 1.807) is 25.1 Å². The van der Waals surface area contributed by atoms with Gasteiger partial charge < -0.3 is 9.47 Å². The third kappa shape index (κ3) is 2.08. The largest absolute Gasteiger partial charge is 0.454 e. The standard InChI is InChI=1S/C13H11NO4S/c1-2-14-12(15)11(19-13(14)16)6-8-3-4-9-10(5-8)18-7-17-9/h3-6H,2,7H2,1H3/b11-6-. The van der Waals surface area contributed by atoms with E-state index >= 15 is 0 Å². The minimum atomic E-state index is -0.241. The molecule has 19 heavy (non-hydrogen) atoms. The van der Waals surface area contributed by atoms with E-state index in [1.807, 2.05) is 6.07 Å². The van der Waals surface area contributed by atoms with Crippen LogP contribution in [0.3, 0.4) is 0 Å². The summed E-state index contributed by atoms with van der Waals surface area (Å²) in [5, 5.41) is -0.223. The first kappa shape index (κ1) is 12.1. The van der Waals surface area contributed by atoms with Crippen molar-refractivity contribution >= 4 is 29.0 Å². The van der Waals surface area contributed by atoms with Crippen molar-refractivity contribution in [2.75, 3.05) is 13.3 Å². The molecular weight excluding hydrogens is 266 g/mol. The van der Waals surface area contributed by atoms with Crippen LogP contribution in [0.25, 0.3) is 6.08 Å². The van der Waals surface area contributed by atoms with E-state index in [9.17, 15) is 9.59 Å². The Bertz CT molecular complexity index is 596. The van der Waals surface area contributed by atoms with Gasteiger partial charge in [0, 0.05) is 6.54 Å². The van der Waals surface area contributed by atoms with Crippen LogP contribution in [0.15, 0.2) is 23.1 Å². The van der Waals surface area contributed by atoms with Crippen LogP contribution in [0.4, 0.5) is 4.79 Å². The van der Waals surface area contributed by atoms with Crippen molar-refractivity contribution < 1.29 is 19.1 Å². The quantitative estimate of drug-likeness (QED) is 0.777. The van der Waals surface area contributed by atoms with Crippen molar-refractivity contribution in [3.63, 3.8) is 0 Å². The molecule has 2 aliphatic heterocycles. The molecule has 6 heteroatoms. The Labute approximate surface area is 114 Å². The molecule has 0 bridgehead atoms. The van der Waals surface area contributed by atoms with E-state index in [-0.39, 0.29) is 17.9 Å². The summed E-state index contributed by atoms with van der Waals surface area (Å²) in [6.45, 7) is 2.38. The maximum Gasteiger partial charge on any atom is 0.293 e. The highest BCUT2D eigenvalue weighted by molar-refractivity contribution is 8.18. The second-order valence-corrected chi connectivity index (χ2v) is 5.03. The Morgan fingerprint density at radius 3 is 2.84 bits per heavy atom. The third-order valence-corrected chi connectivity index (χ3v) is 3.79. The molecule has 0 spiro atoms. The zero-order chi connectivity index (χ0) is 13.4. The van der Waals surface area contributed by atoms with Crippen molar-refractivity contribution in [2.45, 2.75) is 6.92 Å². The van der Waals surface area contributed by atoms with E-state index < -0.39 is 0 Å². The molecule has 1 aromatic carbocycles. The summed E-state index contributed by atoms with van der Waals surface area (Å²) in [5.74, 6) is 1.11. The van der Waals surface area contributed by atoms with Crippen LogP contribution >= 0.6 is 11.8 Å². The Kier molecular flexibility index (Phi) is 2.94. The van der Waals surface area contributed by atoms with Gasteiger partial charge >= 0.3 is 0 Å². The van der Waals surface area contributed by atoms with Gasteiger partial charge in [0.15, 0.2) is 11.5 Å². The molecule has 0 saturated carbocycles. The molecule has 98 valence electrons. The Morgan fingerprint density at radius 2 is 2.11 bits per heavy atom. The number of amides is 2. The summed E-state index contributed by atoms with van der Waals surface area (Å²) >= 11 is 0.961. The molecule has 2 heterocycles. The summed E-state index contributed by atoms with van der Waals surface area (Å²) in [5.41, 5.74) is 0.811. The number of rotatable bonds is 2. The summed E-state index contributed by atoms with van der Waals surface area (Å²) < 4.78 is 10.5. The van der Waals surface area contributed by atoms with Gasteiger partial charge in [-0.1, -0.05) is 6.07 Å². The lowest BCUT2D eigenvalue weighted by molar-refractivity contribution is -0.122. The van der Waals surface area contributed by atoms with Gasteiger partial charge in [0.25, 0.3) is 11.1 Å². The number of imide groups is 1. The van der Waals surface area contributed by atoms with Gasteiger partial charge in [0.05, 0.1) is 4.91 Å². The van der Waals surface area contributed by atoms with Gasteiger partial charge in [-0.25, -0.2) is 0 Å². The fraction of sp³-hybridized carbons (Fsp3) is 0.231. The maximum absolute atomic E-state index is 11.9. The number of carbonyl (C=O) groups is 2. The molecule has 2 amide bonds. The molecule has 1 fully saturated rings. The molecular formula is C13H11NO4S. The monoisotopic (exact) mass is 277 g/mol. The number of fused-ring (bicyclic) bond motifs is 1. The number of hydrogen-bond donors (Lipinski definition) is 0. The van der Waals surface area contributed by atoms with Gasteiger partial charge in [0.2, 0.25) is 6.79 Å². The molecule has 0 aromatic heterocycles. The number of nitrogens with zero attached hydrogens (tertiary/aromatic N) is 1. The van der Waals surface area contributed by atoms with Crippen LogP contribution in [0, 0.1) is 0 Å². The predicted molar refractivity (Wildman–Crippen MR) is 70.9 cm³/mol. The van der Waals surface area contributed by atoms with Crippen LogP contribution in [0.5, 0.6) is 11.5 Å². The van der Waals surface area contributed by atoms with Crippen molar-refractivity contribution in [1.82, 2.24) is 4.90 Å². The predicted octanol–water partition coefficient (Wildman–Crippen LogP) is 2.47. The number of carbonyl (C=O) groups excluding carboxylic acids is 2. The van der Waals surface area contributed by atoms with Crippen molar-refractivity contribution in [1.29, 1.82) is 0 Å². The second-order valence-electron chi connectivity index (χ2n) is 4.04. The van der Waals surface area contributed by atoms with Crippen LogP contribution in [-0.4, -0.2) is 29.4 Å². The first-order chi connectivity index (χ1) is 9.19. The van der Waals surface area contributed by atoms with Gasteiger partial charge in [-0.05, 0) is 42.5 Å². The highest BCUT2D eigenvalue weighted by Gasteiger charge is 2.33. The van der Waals surface area contributed by atoms with Gasteiger partial charge in [-0.3, -0.25) is 14.5 Å². The van der Waals surface area contributed by atoms with Crippen LogP contribution < -0.4 is 9.47 Å². The zero-order valence-corrected chi connectivity index (χ0v) is 11.0. The van der Waals surface area contributed by atoms with E-state index in [2.05, 4.69) is 0 Å². The van der Waals surface area contributed by atoms with Gasteiger partial charge in [0.1, 0.15) is 0 Å². The van der Waals surface area contributed by atoms with Gasteiger partial charge in [-0.15, -0.1) is 0 Å². The summed E-state index contributed by atoms with van der Waals surface area (Å²) in [7, 11) is 0. The third-order valence-electron chi connectivity index (χ3n) is 2.88. The molecule has 0 atom stereocenters. The van der Waals surface area contributed by atoms with Crippen LogP contribution in [-0.2, 0) is 4.79 Å². The normalized spacial score (nSPS) is 19.6. The lowest BCUT2D eigenvalue weighted by Gasteiger charge is -2.06. The first-order valence-corrected chi connectivity index (χ1v) is 6.65. The molecule has 3 rings (SSSR count). The second kappa shape index (κ2) is 4.62. The number of hydrogen-bond acceptors (Lipinski definition) is 5. The average Bonchev–Trinajstić information content (AvgIpc) is 2.95. The Balaban J connectivity index is 1.90. The molecule has 0 unspecified atom stereocenters. The minimum Gasteiger partial charge on any atom is -0.454 e. The van der Waals surface area contributed by atoms with Crippen molar-refractivity contribution in [3.05, 3.63) is 28.7 Å². The van der Waals surface area contributed by atoms with Crippen molar-refractivity contribution in [3.8, 4) is 11.5 Å². The fourth-order valence-electron chi connectivity index (χ4n) is 1.93. The molecule has 1 aromatic rings. The summed E-state index contributed by atoms with van der Waals surface area (Å²) in [6.07, 6.45) is 1.70. The average molecular weight is 277 g/mol. The summed E-state index contributed by atoms with van der Waals surface area (Å²) in [4.78, 5) is 25.2. The lowest BCUT2D eigenvalue weighted by Crippen LogP contribution is -2.27. The number of ether oxygens (including phenoxy) is 2. The highest BCUT2D eigenvalue weighted by atomic mass is 32.2. The molecule has 1 saturated heterocycles. The fourth-order valence-corrected chi connectivity index (χ4v) is 2.83. The van der Waals surface area contributed by atoms with E-state index in [0.29, 0.717) is 22.9 Å². The van der Waals surface area contributed by atoms with Crippen LogP contribution in [0.1, 0.15) is 12.5 Å². The Hall–Kier alpha value is -1.95. The molecule has 0 radical (unpaired) electrons. The number of benzene rings is 1. The molecule has 5 nitrogen and oxygen atoms in total. The molecule has 0 aliphatic carbocycles. The zero-order valence-electron chi connectivity index (χ0n) is 10.2. The molecule has 2 aliphatic rings. The maximum atomic E-state index is 11.9. The minimum absolute atomic E-state index is 0.213. The van der Waals surface area contributed by atoms with E-state index in [0.717, 1.165) is 17.3 Å². The van der Waals surface area contributed by atoms with Crippen molar-refractivity contribution in [2.24, 2.45) is 0 Å². The lowest BCUT2D eigenvalue weighted by atomic mass is 10.2. The Morgan fingerprint density at radius 1 is 1.32 bits per heavy atom. The number of likely N-dealkylation sites (N-methyl/N-ethyl adjacent to an activating group) is 1. The molecule has 0 N–H and O–H groups in total. The number of thioether (sulfide) groups is 1. The van der Waals surface area contributed by atoms with Gasteiger partial charge in [-0.2, -0.15) is 0 Å². The summed E-state index contributed by atoms with van der Waals surface area (Å²) in [6, 6.07) is 5.41. The first-order valence-electron chi connectivity index (χ1n) is 5.84. The highest BCUT2D eigenvalue weighted by Crippen LogP contribution is 2.36. The SMILES string of the molecule is CCN1C(=O)S/C(=C\c2ccc3c(c2)OCO3)C1=O. The van der Waals surface area contributed by atoms with Crippen LogP contribution in [0.2, 0.25) is 0 Å².